The van der Waals surface area contributed by atoms with Crippen LogP contribution in [0.25, 0.3) is 0 Å². The summed E-state index contributed by atoms with van der Waals surface area (Å²) in [6, 6.07) is 7.73. The molecule has 144 valence electrons. The summed E-state index contributed by atoms with van der Waals surface area (Å²) in [5.74, 6) is 1.22. The fourth-order valence-corrected chi connectivity index (χ4v) is 2.94. The lowest BCUT2D eigenvalue weighted by Gasteiger charge is -2.30. The molecule has 1 aliphatic heterocycles. The zero-order chi connectivity index (χ0) is 19.2. The second kappa shape index (κ2) is 8.79. The molecule has 27 heavy (non-hydrogen) atoms. The highest BCUT2D eigenvalue weighted by Gasteiger charge is 2.19. The fourth-order valence-electron chi connectivity index (χ4n) is 2.94. The van der Waals surface area contributed by atoms with Crippen LogP contribution in [-0.4, -0.2) is 35.6 Å². The lowest BCUT2D eigenvalue weighted by molar-refractivity contribution is -0.123. The molecule has 2 aromatic rings. The number of carbonyl (C=O) groups excluding carboxylic acids is 1. The first-order valence-electron chi connectivity index (χ1n) is 9.24. The molecule has 1 aromatic heterocycles. The van der Waals surface area contributed by atoms with Crippen LogP contribution in [0.15, 0.2) is 30.3 Å². The topological polar surface area (TPSA) is 67.3 Å². The summed E-state index contributed by atoms with van der Waals surface area (Å²) in [6.45, 7) is 6.20. The Morgan fingerprint density at radius 1 is 1.26 bits per heavy atom. The van der Waals surface area contributed by atoms with E-state index in [0.29, 0.717) is 18.4 Å². The zero-order valence-electron chi connectivity index (χ0n) is 15.7. The standard InChI is InChI=1S/C20H25FN4O2/c1-14-7-9-25(10-8-14)20-23-15(2)11-19(24-20)27-13-18(26)22-12-16-3-5-17(21)6-4-16/h3-6,11,14H,7-10,12-13H2,1-2H3,(H,22,26). The van der Waals surface area contributed by atoms with Crippen LogP contribution < -0.4 is 15.0 Å². The molecule has 6 nitrogen and oxygen atoms in total. The summed E-state index contributed by atoms with van der Waals surface area (Å²) in [7, 11) is 0. The van der Waals surface area contributed by atoms with Crippen molar-refractivity contribution in [3.63, 3.8) is 0 Å². The van der Waals surface area contributed by atoms with Crippen LogP contribution in [0.2, 0.25) is 0 Å². The van der Waals surface area contributed by atoms with Crippen LogP contribution in [-0.2, 0) is 11.3 Å². The van der Waals surface area contributed by atoms with Crippen molar-refractivity contribution in [1.29, 1.82) is 0 Å². The molecule has 1 fully saturated rings. The van der Waals surface area contributed by atoms with Gasteiger partial charge in [0, 0.05) is 31.4 Å². The SMILES string of the molecule is Cc1cc(OCC(=O)NCc2ccc(F)cc2)nc(N2CCC(C)CC2)n1. The number of piperidine rings is 1. The van der Waals surface area contributed by atoms with Crippen molar-refractivity contribution in [2.75, 3.05) is 24.6 Å². The third-order valence-electron chi connectivity index (χ3n) is 4.64. The number of rotatable bonds is 6. The molecule has 0 saturated carbocycles. The Morgan fingerprint density at radius 3 is 2.67 bits per heavy atom. The van der Waals surface area contributed by atoms with E-state index in [1.165, 1.54) is 12.1 Å². The molecule has 0 radical (unpaired) electrons. The number of aryl methyl sites for hydroxylation is 1. The number of aromatic nitrogens is 2. The minimum Gasteiger partial charge on any atom is -0.467 e. The van der Waals surface area contributed by atoms with Crippen LogP contribution in [0.5, 0.6) is 5.88 Å². The number of halogens is 1. The molecule has 2 heterocycles. The van der Waals surface area contributed by atoms with Gasteiger partial charge in [-0.05, 0) is 43.4 Å². The number of nitrogens with one attached hydrogen (secondary N) is 1. The molecule has 0 bridgehead atoms. The van der Waals surface area contributed by atoms with Crippen LogP contribution >= 0.6 is 0 Å². The average Bonchev–Trinajstić information content (AvgIpc) is 2.66. The molecule has 0 atom stereocenters. The minimum absolute atomic E-state index is 0.131. The second-order valence-corrected chi connectivity index (χ2v) is 7.01. The number of hydrogen-bond donors (Lipinski definition) is 1. The summed E-state index contributed by atoms with van der Waals surface area (Å²) in [6.07, 6.45) is 2.25. The normalized spacial score (nSPS) is 14.9. The van der Waals surface area contributed by atoms with Crippen molar-refractivity contribution >= 4 is 11.9 Å². The average molecular weight is 372 g/mol. The van der Waals surface area contributed by atoms with Gasteiger partial charge in [0.15, 0.2) is 6.61 Å². The maximum Gasteiger partial charge on any atom is 0.258 e. The molecule has 1 aromatic carbocycles. The molecular weight excluding hydrogens is 347 g/mol. The van der Waals surface area contributed by atoms with Gasteiger partial charge in [-0.1, -0.05) is 19.1 Å². The molecular formula is C20H25FN4O2. The number of carbonyl (C=O) groups is 1. The molecule has 7 heteroatoms. The predicted octanol–water partition coefficient (Wildman–Crippen LogP) is 2.86. The molecule has 0 spiro atoms. The van der Waals surface area contributed by atoms with Gasteiger partial charge in [0.1, 0.15) is 5.82 Å². The van der Waals surface area contributed by atoms with E-state index in [-0.39, 0.29) is 18.3 Å². The third kappa shape index (κ3) is 5.64. The van der Waals surface area contributed by atoms with Gasteiger partial charge in [0.2, 0.25) is 11.8 Å². The lowest BCUT2D eigenvalue weighted by atomic mass is 10.00. The summed E-state index contributed by atoms with van der Waals surface area (Å²) in [4.78, 5) is 23.1. The van der Waals surface area contributed by atoms with E-state index in [1.54, 1.807) is 18.2 Å². The minimum atomic E-state index is -0.300. The van der Waals surface area contributed by atoms with Gasteiger partial charge in [-0.3, -0.25) is 4.79 Å². The Balaban J connectivity index is 1.52. The van der Waals surface area contributed by atoms with E-state index in [9.17, 15) is 9.18 Å². The van der Waals surface area contributed by atoms with E-state index in [2.05, 4.69) is 27.1 Å². The van der Waals surface area contributed by atoms with Crippen molar-refractivity contribution in [1.82, 2.24) is 15.3 Å². The monoisotopic (exact) mass is 372 g/mol. The highest BCUT2D eigenvalue weighted by molar-refractivity contribution is 5.77. The lowest BCUT2D eigenvalue weighted by Crippen LogP contribution is -2.34. The van der Waals surface area contributed by atoms with Gasteiger partial charge in [-0.25, -0.2) is 9.37 Å². The first-order valence-corrected chi connectivity index (χ1v) is 9.24. The molecule has 3 rings (SSSR count). The molecule has 0 aliphatic carbocycles. The quantitative estimate of drug-likeness (QED) is 0.845. The number of benzene rings is 1. The Bertz CT molecular complexity index is 774. The molecule has 1 amide bonds. The van der Waals surface area contributed by atoms with Crippen molar-refractivity contribution in [3.05, 3.63) is 47.4 Å². The predicted molar refractivity (Wildman–Crippen MR) is 101 cm³/mol. The van der Waals surface area contributed by atoms with Gasteiger partial charge >= 0.3 is 0 Å². The van der Waals surface area contributed by atoms with E-state index < -0.39 is 0 Å². The summed E-state index contributed by atoms with van der Waals surface area (Å²) in [5, 5.41) is 2.75. The van der Waals surface area contributed by atoms with E-state index >= 15 is 0 Å². The van der Waals surface area contributed by atoms with Crippen LogP contribution in [0.3, 0.4) is 0 Å². The number of amides is 1. The largest absolute Gasteiger partial charge is 0.467 e. The van der Waals surface area contributed by atoms with E-state index in [0.717, 1.165) is 43.1 Å². The van der Waals surface area contributed by atoms with Crippen molar-refractivity contribution in [2.24, 2.45) is 5.92 Å². The Labute approximate surface area is 158 Å². The van der Waals surface area contributed by atoms with Gasteiger partial charge in [-0.15, -0.1) is 0 Å². The maximum atomic E-state index is 12.9. The maximum absolute atomic E-state index is 12.9. The summed E-state index contributed by atoms with van der Waals surface area (Å²) >= 11 is 0. The highest BCUT2D eigenvalue weighted by Crippen LogP contribution is 2.22. The first-order chi connectivity index (χ1) is 13.0. The third-order valence-corrected chi connectivity index (χ3v) is 4.64. The van der Waals surface area contributed by atoms with Gasteiger partial charge in [0.25, 0.3) is 5.91 Å². The van der Waals surface area contributed by atoms with Crippen molar-refractivity contribution in [3.8, 4) is 5.88 Å². The van der Waals surface area contributed by atoms with Crippen molar-refractivity contribution < 1.29 is 13.9 Å². The molecule has 1 N–H and O–H groups in total. The molecule has 0 unspecified atom stereocenters. The molecule has 1 aliphatic rings. The van der Waals surface area contributed by atoms with Gasteiger partial charge in [-0.2, -0.15) is 4.98 Å². The Morgan fingerprint density at radius 2 is 1.96 bits per heavy atom. The van der Waals surface area contributed by atoms with Gasteiger partial charge < -0.3 is 15.0 Å². The zero-order valence-corrected chi connectivity index (χ0v) is 15.7. The second-order valence-electron chi connectivity index (χ2n) is 7.01. The summed E-state index contributed by atoms with van der Waals surface area (Å²) < 4.78 is 18.4. The van der Waals surface area contributed by atoms with E-state index in [1.807, 2.05) is 6.92 Å². The Hall–Kier alpha value is -2.70. The number of anilines is 1. The number of ether oxygens (including phenoxy) is 1. The highest BCUT2D eigenvalue weighted by atomic mass is 19.1. The van der Waals surface area contributed by atoms with Crippen LogP contribution in [0.4, 0.5) is 10.3 Å². The Kier molecular flexibility index (Phi) is 6.21. The number of hydrogen-bond acceptors (Lipinski definition) is 5. The molecule has 1 saturated heterocycles. The van der Waals surface area contributed by atoms with Crippen LogP contribution in [0, 0.1) is 18.7 Å². The van der Waals surface area contributed by atoms with Crippen LogP contribution in [0.1, 0.15) is 31.0 Å². The van der Waals surface area contributed by atoms with E-state index in [4.69, 9.17) is 4.74 Å². The fraction of sp³-hybridized carbons (Fsp3) is 0.450. The number of nitrogens with zero attached hydrogens (tertiary/aromatic N) is 3. The van der Waals surface area contributed by atoms with Gasteiger partial charge in [0.05, 0.1) is 0 Å². The first kappa shape index (κ1) is 19.1. The summed E-state index contributed by atoms with van der Waals surface area (Å²) in [5.41, 5.74) is 1.63. The van der Waals surface area contributed by atoms with Crippen molar-refractivity contribution in [2.45, 2.75) is 33.2 Å². The smallest absolute Gasteiger partial charge is 0.258 e.